The summed E-state index contributed by atoms with van der Waals surface area (Å²) in [6.45, 7) is 2.25. The fourth-order valence-corrected chi connectivity index (χ4v) is 6.77. The number of carbonyl (C=O) groups excluding carboxylic acids is 1. The van der Waals surface area contributed by atoms with Gasteiger partial charge in [0.2, 0.25) is 5.91 Å². The molecule has 2 bridgehead atoms. The highest BCUT2D eigenvalue weighted by atomic mass is 19.4. The average Bonchev–Trinajstić information content (AvgIpc) is 3.09. The number of allylic oxidation sites excluding steroid dienone is 2. The van der Waals surface area contributed by atoms with Crippen LogP contribution >= 0.6 is 0 Å². The zero-order valence-electron chi connectivity index (χ0n) is 18.8. The lowest BCUT2D eigenvalue weighted by atomic mass is 9.60. The lowest BCUT2D eigenvalue weighted by Gasteiger charge is -2.44. The summed E-state index contributed by atoms with van der Waals surface area (Å²) < 4.78 is 40.1. The minimum Gasteiger partial charge on any atom is -0.366 e. The van der Waals surface area contributed by atoms with E-state index in [4.69, 9.17) is 5.73 Å². The van der Waals surface area contributed by atoms with Gasteiger partial charge in [-0.3, -0.25) is 9.78 Å². The van der Waals surface area contributed by atoms with Gasteiger partial charge in [0.05, 0.1) is 5.56 Å². The van der Waals surface area contributed by atoms with Crippen molar-refractivity contribution in [2.24, 2.45) is 23.0 Å². The molecule has 5 rings (SSSR count). The molecule has 174 valence electrons. The molecular weight excluding hydrogens is 425 g/mol. The highest BCUT2D eigenvalue weighted by molar-refractivity contribution is 5.93. The van der Waals surface area contributed by atoms with Gasteiger partial charge in [-0.1, -0.05) is 19.1 Å². The maximum atomic E-state index is 13.4. The molecular formula is C27H29F3N2O. The molecule has 4 atom stereocenters. The lowest BCUT2D eigenvalue weighted by Crippen LogP contribution is -2.34. The molecule has 1 amide bonds. The van der Waals surface area contributed by atoms with Crippen molar-refractivity contribution < 1.29 is 18.0 Å². The van der Waals surface area contributed by atoms with Gasteiger partial charge in [-0.15, -0.1) is 0 Å². The first kappa shape index (κ1) is 22.2. The first-order valence-corrected chi connectivity index (χ1v) is 11.8. The van der Waals surface area contributed by atoms with Crippen LogP contribution in [-0.2, 0) is 12.6 Å². The van der Waals surface area contributed by atoms with Crippen molar-refractivity contribution in [3.05, 3.63) is 70.6 Å². The molecule has 3 aliphatic carbocycles. The number of benzene rings is 1. The Labute approximate surface area is 192 Å². The maximum Gasteiger partial charge on any atom is 0.417 e. The molecule has 3 aliphatic rings. The van der Waals surface area contributed by atoms with E-state index in [-0.39, 0.29) is 5.41 Å². The molecule has 1 aromatic heterocycles. The summed E-state index contributed by atoms with van der Waals surface area (Å²) in [4.78, 5) is 15.7. The van der Waals surface area contributed by atoms with E-state index in [2.05, 4.69) is 24.1 Å². The number of fused-ring (bicyclic) bond motifs is 7. The number of rotatable bonds is 2. The van der Waals surface area contributed by atoms with Crippen molar-refractivity contribution >= 4 is 11.5 Å². The highest BCUT2D eigenvalue weighted by Crippen LogP contribution is 2.59. The summed E-state index contributed by atoms with van der Waals surface area (Å²) >= 11 is 0. The summed E-state index contributed by atoms with van der Waals surface area (Å²) in [6, 6.07) is 7.15. The van der Waals surface area contributed by atoms with Crippen LogP contribution in [0.5, 0.6) is 0 Å². The van der Waals surface area contributed by atoms with Gasteiger partial charge >= 0.3 is 6.18 Å². The van der Waals surface area contributed by atoms with Gasteiger partial charge in [0.15, 0.2) is 0 Å². The zero-order chi connectivity index (χ0) is 23.4. The minimum absolute atomic E-state index is 0.167. The van der Waals surface area contributed by atoms with E-state index in [9.17, 15) is 18.0 Å². The van der Waals surface area contributed by atoms with Crippen molar-refractivity contribution in [2.75, 3.05) is 0 Å². The maximum absolute atomic E-state index is 13.4. The Morgan fingerprint density at radius 2 is 1.94 bits per heavy atom. The van der Waals surface area contributed by atoms with Crippen LogP contribution in [0.15, 0.2) is 42.7 Å². The molecule has 0 radical (unpaired) electrons. The minimum atomic E-state index is -4.40. The molecule has 3 nitrogen and oxygen atoms in total. The van der Waals surface area contributed by atoms with Crippen molar-refractivity contribution in [1.29, 1.82) is 0 Å². The SMILES string of the molecule is C[C@]12CC[C@H]3CC[C@H](CCc4cc(C(N)=O)ccc43)[C@@H]1CC=C2c1cncc(C(F)(F)F)c1. The van der Waals surface area contributed by atoms with E-state index in [0.717, 1.165) is 56.7 Å². The molecule has 1 heterocycles. The normalized spacial score (nSPS) is 29.2. The Morgan fingerprint density at radius 1 is 1.12 bits per heavy atom. The van der Waals surface area contributed by atoms with Gasteiger partial charge < -0.3 is 5.73 Å². The van der Waals surface area contributed by atoms with E-state index in [1.54, 1.807) is 6.20 Å². The second kappa shape index (κ2) is 8.00. The predicted molar refractivity (Wildman–Crippen MR) is 121 cm³/mol. The Kier molecular flexibility index (Phi) is 5.37. The number of aromatic nitrogens is 1. The fraction of sp³-hybridized carbons (Fsp3) is 0.481. The number of carbonyl (C=O) groups is 1. The smallest absolute Gasteiger partial charge is 0.366 e. The third-order valence-corrected chi connectivity index (χ3v) is 8.51. The Bertz CT molecular complexity index is 1120. The lowest BCUT2D eigenvalue weighted by molar-refractivity contribution is -0.137. The van der Waals surface area contributed by atoms with Crippen LogP contribution in [-0.4, -0.2) is 10.9 Å². The Morgan fingerprint density at radius 3 is 2.70 bits per heavy atom. The van der Waals surface area contributed by atoms with Crippen LogP contribution in [0, 0.1) is 17.3 Å². The molecule has 33 heavy (non-hydrogen) atoms. The number of primary amides is 1. The standard InChI is InChI=1S/C27H29F3N2O/c1-26-11-10-16-2-3-17(4-5-18-12-19(25(31)33)6-7-22(16)18)23(26)8-9-24(26)20-13-21(15-32-14-20)27(28,29)30/h6-7,9,12-17,23H,2-5,8,10-11H2,1H3,(H2,31,33)/t16-,17-,23+,26+/m1/s1. The average molecular weight is 455 g/mol. The van der Waals surface area contributed by atoms with E-state index in [1.165, 1.54) is 17.2 Å². The number of nitrogens with two attached hydrogens (primary N) is 1. The number of alkyl halides is 3. The van der Waals surface area contributed by atoms with E-state index < -0.39 is 17.6 Å². The second-order valence-electron chi connectivity index (χ2n) is 10.2. The van der Waals surface area contributed by atoms with Crippen LogP contribution in [0.3, 0.4) is 0 Å². The summed E-state index contributed by atoms with van der Waals surface area (Å²) in [6.07, 6.45) is 7.24. The van der Waals surface area contributed by atoms with Crippen molar-refractivity contribution in [2.45, 2.75) is 64.0 Å². The number of aryl methyl sites for hydroxylation is 1. The summed E-state index contributed by atoms with van der Waals surface area (Å²) in [7, 11) is 0. The first-order valence-electron chi connectivity index (χ1n) is 11.8. The van der Waals surface area contributed by atoms with Crippen molar-refractivity contribution in [1.82, 2.24) is 4.98 Å². The Balaban J connectivity index is 1.50. The molecule has 1 saturated carbocycles. The molecule has 2 aromatic rings. The molecule has 6 heteroatoms. The monoisotopic (exact) mass is 454 g/mol. The van der Waals surface area contributed by atoms with Gasteiger partial charge in [-0.2, -0.15) is 13.2 Å². The largest absolute Gasteiger partial charge is 0.417 e. The number of halogens is 3. The van der Waals surface area contributed by atoms with Crippen molar-refractivity contribution in [3.63, 3.8) is 0 Å². The predicted octanol–water partition coefficient (Wildman–Crippen LogP) is 6.53. The number of nitrogens with zero attached hydrogens (tertiary/aromatic N) is 1. The molecule has 0 saturated heterocycles. The molecule has 0 unspecified atom stereocenters. The summed E-state index contributed by atoms with van der Waals surface area (Å²) in [5.41, 5.74) is 9.41. The van der Waals surface area contributed by atoms with Gasteiger partial charge in [-0.25, -0.2) is 0 Å². The number of hydrogen-bond donors (Lipinski definition) is 1. The first-order chi connectivity index (χ1) is 15.7. The zero-order valence-corrected chi connectivity index (χ0v) is 18.8. The van der Waals surface area contributed by atoms with Gasteiger partial charge in [0.25, 0.3) is 0 Å². The molecule has 0 aliphatic heterocycles. The van der Waals surface area contributed by atoms with E-state index in [0.29, 0.717) is 28.9 Å². The summed E-state index contributed by atoms with van der Waals surface area (Å²) in [5, 5.41) is 0. The van der Waals surface area contributed by atoms with Crippen LogP contribution in [0.25, 0.3) is 5.57 Å². The third kappa shape index (κ3) is 3.87. The topological polar surface area (TPSA) is 56.0 Å². The summed E-state index contributed by atoms with van der Waals surface area (Å²) in [5.74, 6) is 0.899. The van der Waals surface area contributed by atoms with Crippen LogP contribution in [0.2, 0.25) is 0 Å². The molecule has 2 N–H and O–H groups in total. The quantitative estimate of drug-likeness (QED) is 0.561. The number of pyridine rings is 1. The van der Waals surface area contributed by atoms with Crippen LogP contribution < -0.4 is 5.73 Å². The van der Waals surface area contributed by atoms with Crippen molar-refractivity contribution in [3.8, 4) is 0 Å². The van der Waals surface area contributed by atoms with Gasteiger partial charge in [-0.05, 0) is 109 Å². The molecule has 1 aromatic carbocycles. The highest BCUT2D eigenvalue weighted by Gasteiger charge is 2.47. The number of amides is 1. The number of hydrogen-bond acceptors (Lipinski definition) is 2. The van der Waals surface area contributed by atoms with Crippen LogP contribution in [0.4, 0.5) is 13.2 Å². The molecule has 0 spiro atoms. The second-order valence-corrected chi connectivity index (χ2v) is 10.2. The Hall–Kier alpha value is -2.63. The van der Waals surface area contributed by atoms with Gasteiger partial charge in [0.1, 0.15) is 0 Å². The van der Waals surface area contributed by atoms with E-state index in [1.807, 2.05) is 12.1 Å². The van der Waals surface area contributed by atoms with Crippen LogP contribution in [0.1, 0.15) is 84.0 Å². The fourth-order valence-electron chi connectivity index (χ4n) is 6.77. The van der Waals surface area contributed by atoms with E-state index >= 15 is 0 Å². The third-order valence-electron chi connectivity index (χ3n) is 8.51. The molecule has 1 fully saturated rings. The van der Waals surface area contributed by atoms with Gasteiger partial charge in [0, 0.05) is 18.0 Å².